The van der Waals surface area contributed by atoms with Gasteiger partial charge in [0.15, 0.2) is 0 Å². The number of carboxylic acids is 1. The minimum atomic E-state index is -1.41. The number of benzene rings is 3. The van der Waals surface area contributed by atoms with E-state index in [0.29, 0.717) is 5.56 Å². The zero-order chi connectivity index (χ0) is 33.1. The van der Waals surface area contributed by atoms with E-state index in [1.165, 1.54) is 0 Å². The summed E-state index contributed by atoms with van der Waals surface area (Å²) in [4.78, 5) is 67.0. The molecule has 12 nitrogen and oxygen atoms in total. The maximum atomic E-state index is 13.9. The van der Waals surface area contributed by atoms with Crippen LogP contribution in [0.4, 0.5) is 0 Å². The van der Waals surface area contributed by atoms with Gasteiger partial charge in [0.2, 0.25) is 23.6 Å². The normalized spacial score (nSPS) is 13.6. The van der Waals surface area contributed by atoms with E-state index in [4.69, 9.17) is 11.5 Å². The number of carbonyl (C=O) groups excluding carboxylic acids is 4. The lowest BCUT2D eigenvalue weighted by Gasteiger charge is -2.25. The van der Waals surface area contributed by atoms with Gasteiger partial charge in [-0.25, -0.2) is 4.79 Å². The fourth-order valence-electron chi connectivity index (χ4n) is 5.12. The molecule has 0 saturated carbocycles. The van der Waals surface area contributed by atoms with Crippen molar-refractivity contribution >= 4 is 40.5 Å². The monoisotopic (exact) mass is 626 g/mol. The van der Waals surface area contributed by atoms with E-state index in [0.717, 1.165) is 22.0 Å². The Labute approximate surface area is 265 Å². The van der Waals surface area contributed by atoms with Crippen LogP contribution in [0.1, 0.15) is 29.5 Å². The molecule has 9 N–H and O–H groups in total. The van der Waals surface area contributed by atoms with Crippen molar-refractivity contribution in [2.45, 2.75) is 56.3 Å². The molecule has 0 aliphatic heterocycles. The van der Waals surface area contributed by atoms with Crippen LogP contribution in [0, 0.1) is 0 Å². The van der Waals surface area contributed by atoms with Gasteiger partial charge in [0.1, 0.15) is 18.1 Å². The summed E-state index contributed by atoms with van der Waals surface area (Å²) in [6.07, 6.45) is 1.63. The highest BCUT2D eigenvalue weighted by Gasteiger charge is 2.31. The molecule has 0 radical (unpaired) electrons. The first kappa shape index (κ1) is 33.4. The van der Waals surface area contributed by atoms with Crippen molar-refractivity contribution in [2.24, 2.45) is 11.5 Å². The Morgan fingerprint density at radius 1 is 0.674 bits per heavy atom. The van der Waals surface area contributed by atoms with Crippen LogP contribution in [0.5, 0.6) is 0 Å². The maximum absolute atomic E-state index is 13.9. The molecule has 1 aromatic heterocycles. The summed E-state index contributed by atoms with van der Waals surface area (Å²) >= 11 is 0. The first-order valence-corrected chi connectivity index (χ1v) is 14.9. The van der Waals surface area contributed by atoms with Gasteiger partial charge < -0.3 is 37.5 Å². The average molecular weight is 627 g/mol. The summed E-state index contributed by atoms with van der Waals surface area (Å²) in [5, 5.41) is 18.4. The van der Waals surface area contributed by atoms with Gasteiger partial charge in [0.05, 0.1) is 6.04 Å². The standard InChI is InChI=1S/C34H38N6O6/c35-25(17-21-9-3-1-4-10-21)31(42)39-29(19-23-20-37-26-14-8-7-13-24(23)26)33(44)40-28(18-22-11-5-2-6-12-22)32(43)38-27(34(45)46)15-16-30(36)41/h1-14,20,25,27-29,37H,15-19,35H2,(H2,36,41)(H,38,43)(H,39,42)(H,40,44)(H,45,46). The smallest absolute Gasteiger partial charge is 0.326 e. The van der Waals surface area contributed by atoms with Gasteiger partial charge in [-0.3, -0.25) is 19.2 Å². The average Bonchev–Trinajstić information content (AvgIpc) is 3.45. The molecule has 0 bridgehead atoms. The molecule has 0 aliphatic carbocycles. The number of aromatic nitrogens is 1. The lowest BCUT2D eigenvalue weighted by Crippen LogP contribution is -2.58. The first-order chi connectivity index (χ1) is 22.1. The Morgan fingerprint density at radius 3 is 1.80 bits per heavy atom. The fraction of sp³-hybridized carbons (Fsp3) is 0.265. The summed E-state index contributed by atoms with van der Waals surface area (Å²) in [6, 6.07) is 20.9. The number of carbonyl (C=O) groups is 5. The quantitative estimate of drug-likeness (QED) is 0.0969. The number of fused-ring (bicyclic) bond motifs is 1. The Morgan fingerprint density at radius 2 is 1.20 bits per heavy atom. The van der Waals surface area contributed by atoms with Crippen LogP contribution in [-0.4, -0.2) is 63.9 Å². The molecule has 4 atom stereocenters. The molecule has 0 spiro atoms. The van der Waals surface area contributed by atoms with E-state index in [2.05, 4.69) is 20.9 Å². The third-order valence-corrected chi connectivity index (χ3v) is 7.58. The van der Waals surface area contributed by atoms with Crippen molar-refractivity contribution in [2.75, 3.05) is 0 Å². The predicted molar refractivity (Wildman–Crippen MR) is 172 cm³/mol. The van der Waals surface area contributed by atoms with Gasteiger partial charge in [-0.05, 0) is 35.6 Å². The molecule has 0 saturated heterocycles. The number of rotatable bonds is 16. The molecule has 4 aromatic rings. The van der Waals surface area contributed by atoms with E-state index in [1.807, 2.05) is 54.6 Å². The number of primary amides is 1. The lowest BCUT2D eigenvalue weighted by atomic mass is 10.0. The van der Waals surface area contributed by atoms with Crippen molar-refractivity contribution in [3.8, 4) is 0 Å². The van der Waals surface area contributed by atoms with Crippen LogP contribution in [0.3, 0.4) is 0 Å². The number of carboxylic acid groups (broad SMARTS) is 1. The minimum absolute atomic E-state index is 0.0296. The Balaban J connectivity index is 1.58. The Hall–Kier alpha value is -5.49. The highest BCUT2D eigenvalue weighted by Crippen LogP contribution is 2.19. The number of hydrogen-bond donors (Lipinski definition) is 7. The molecule has 46 heavy (non-hydrogen) atoms. The van der Waals surface area contributed by atoms with Gasteiger partial charge in [-0.1, -0.05) is 78.9 Å². The summed E-state index contributed by atoms with van der Waals surface area (Å²) in [7, 11) is 0. The van der Waals surface area contributed by atoms with Gasteiger partial charge in [0, 0.05) is 36.4 Å². The second kappa shape index (κ2) is 16.0. The van der Waals surface area contributed by atoms with Crippen molar-refractivity contribution in [3.63, 3.8) is 0 Å². The van der Waals surface area contributed by atoms with E-state index in [-0.39, 0.29) is 32.1 Å². The first-order valence-electron chi connectivity index (χ1n) is 14.9. The Bertz CT molecular complexity index is 1660. The number of aliphatic carboxylic acids is 1. The van der Waals surface area contributed by atoms with Gasteiger partial charge in [0.25, 0.3) is 0 Å². The molecule has 4 amide bonds. The van der Waals surface area contributed by atoms with Gasteiger partial charge in [-0.2, -0.15) is 0 Å². The molecular formula is C34H38N6O6. The van der Waals surface area contributed by atoms with Crippen LogP contribution >= 0.6 is 0 Å². The number of nitrogens with one attached hydrogen (secondary N) is 4. The highest BCUT2D eigenvalue weighted by molar-refractivity contribution is 5.95. The summed E-state index contributed by atoms with van der Waals surface area (Å²) in [5.41, 5.74) is 14.6. The number of para-hydroxylation sites is 1. The SMILES string of the molecule is NC(=O)CCC(NC(=O)C(Cc1ccccc1)NC(=O)C(Cc1c[nH]c2ccccc12)NC(=O)C(N)Cc1ccccc1)C(=O)O. The molecule has 4 rings (SSSR count). The van der Waals surface area contributed by atoms with E-state index >= 15 is 0 Å². The number of H-pyrrole nitrogens is 1. The van der Waals surface area contributed by atoms with Crippen LogP contribution in [0.2, 0.25) is 0 Å². The molecule has 4 unspecified atom stereocenters. The largest absolute Gasteiger partial charge is 0.480 e. The van der Waals surface area contributed by atoms with E-state index < -0.39 is 53.8 Å². The summed E-state index contributed by atoms with van der Waals surface area (Å²) in [5.74, 6) is -4.05. The van der Waals surface area contributed by atoms with E-state index in [9.17, 15) is 29.1 Å². The number of amides is 4. The van der Waals surface area contributed by atoms with Crippen LogP contribution < -0.4 is 27.4 Å². The molecule has 12 heteroatoms. The number of nitrogens with two attached hydrogens (primary N) is 2. The number of hydrogen-bond acceptors (Lipinski definition) is 6. The van der Waals surface area contributed by atoms with Crippen molar-refractivity contribution in [1.29, 1.82) is 0 Å². The Kier molecular flexibility index (Phi) is 11.6. The van der Waals surface area contributed by atoms with Crippen LogP contribution in [0.25, 0.3) is 10.9 Å². The van der Waals surface area contributed by atoms with Crippen LogP contribution in [0.15, 0.2) is 91.1 Å². The third-order valence-electron chi connectivity index (χ3n) is 7.58. The minimum Gasteiger partial charge on any atom is -0.480 e. The zero-order valence-corrected chi connectivity index (χ0v) is 25.1. The lowest BCUT2D eigenvalue weighted by molar-refractivity contribution is -0.142. The molecule has 1 heterocycles. The summed E-state index contributed by atoms with van der Waals surface area (Å²) < 4.78 is 0. The maximum Gasteiger partial charge on any atom is 0.326 e. The molecular weight excluding hydrogens is 588 g/mol. The van der Waals surface area contributed by atoms with Crippen molar-refractivity contribution < 1.29 is 29.1 Å². The van der Waals surface area contributed by atoms with Gasteiger partial charge >= 0.3 is 5.97 Å². The van der Waals surface area contributed by atoms with Crippen LogP contribution in [-0.2, 0) is 43.2 Å². The fourth-order valence-corrected chi connectivity index (χ4v) is 5.12. The predicted octanol–water partition coefficient (Wildman–Crippen LogP) is 1.33. The second-order valence-corrected chi connectivity index (χ2v) is 11.1. The molecule has 0 fully saturated rings. The van der Waals surface area contributed by atoms with E-state index in [1.54, 1.807) is 36.5 Å². The van der Waals surface area contributed by atoms with Gasteiger partial charge in [-0.15, -0.1) is 0 Å². The molecule has 0 aliphatic rings. The topological polar surface area (TPSA) is 209 Å². The molecule has 3 aromatic carbocycles. The van der Waals surface area contributed by atoms with Crippen molar-refractivity contribution in [3.05, 3.63) is 108 Å². The highest BCUT2D eigenvalue weighted by atomic mass is 16.4. The van der Waals surface area contributed by atoms with Crippen molar-refractivity contribution in [1.82, 2.24) is 20.9 Å². The second-order valence-electron chi connectivity index (χ2n) is 11.1. The summed E-state index contributed by atoms with van der Waals surface area (Å²) in [6.45, 7) is 0. The zero-order valence-electron chi connectivity index (χ0n) is 25.1. The number of aromatic amines is 1. The molecule has 240 valence electrons. The third kappa shape index (κ3) is 9.50.